The minimum Gasteiger partial charge on any atom is -0.353 e. The second kappa shape index (κ2) is 6.29. The molecule has 0 unspecified atom stereocenters. The molecule has 0 aliphatic carbocycles. The van der Waals surface area contributed by atoms with Crippen LogP contribution in [0.15, 0.2) is 18.2 Å². The van der Waals surface area contributed by atoms with Gasteiger partial charge in [0.1, 0.15) is 0 Å². The van der Waals surface area contributed by atoms with Crippen LogP contribution in [0.5, 0.6) is 0 Å². The molecule has 2 amide bonds. The van der Waals surface area contributed by atoms with E-state index >= 15 is 0 Å². The number of benzene rings is 1. The lowest BCUT2D eigenvalue weighted by molar-refractivity contribution is -0.126. The summed E-state index contributed by atoms with van der Waals surface area (Å²) in [5.41, 5.74) is 3.16. The van der Waals surface area contributed by atoms with E-state index in [0.29, 0.717) is 13.0 Å². The van der Waals surface area contributed by atoms with Crippen LogP contribution >= 0.6 is 0 Å². The standard InChI is InChI=1S/C17H24N2O2/c1-5-13(4)18-17(21)14-9-16(20)19(10-14)15-7-11(2)6-12(3)8-15/h6-8,13-14H,5,9-10H2,1-4H3,(H,18,21)/t13-,14+/m0/s1. The molecular weight excluding hydrogens is 264 g/mol. The predicted molar refractivity (Wildman–Crippen MR) is 84.3 cm³/mol. The largest absolute Gasteiger partial charge is 0.353 e. The minimum atomic E-state index is -0.243. The summed E-state index contributed by atoms with van der Waals surface area (Å²) < 4.78 is 0. The SMILES string of the molecule is CC[C@H](C)NC(=O)[C@@H]1CC(=O)N(c2cc(C)cc(C)c2)C1. The summed E-state index contributed by atoms with van der Waals surface area (Å²) >= 11 is 0. The first-order valence-corrected chi connectivity index (χ1v) is 7.59. The van der Waals surface area contributed by atoms with Gasteiger partial charge in [0.2, 0.25) is 11.8 Å². The Bertz CT molecular complexity index is 533. The molecule has 0 saturated carbocycles. The molecule has 1 aliphatic heterocycles. The Morgan fingerprint density at radius 1 is 1.33 bits per heavy atom. The molecule has 1 N–H and O–H groups in total. The lowest BCUT2D eigenvalue weighted by Crippen LogP contribution is -2.38. The summed E-state index contributed by atoms with van der Waals surface area (Å²) in [5, 5.41) is 2.97. The maximum absolute atomic E-state index is 12.2. The first-order chi connectivity index (χ1) is 9.90. The van der Waals surface area contributed by atoms with Crippen molar-refractivity contribution in [1.29, 1.82) is 0 Å². The van der Waals surface area contributed by atoms with Gasteiger partial charge in [-0.1, -0.05) is 13.0 Å². The van der Waals surface area contributed by atoms with Crippen LogP contribution < -0.4 is 10.2 Å². The van der Waals surface area contributed by atoms with Gasteiger partial charge < -0.3 is 10.2 Å². The number of rotatable bonds is 4. The first-order valence-electron chi connectivity index (χ1n) is 7.59. The smallest absolute Gasteiger partial charge is 0.227 e. The topological polar surface area (TPSA) is 49.4 Å². The number of carbonyl (C=O) groups excluding carboxylic acids is 2. The highest BCUT2D eigenvalue weighted by molar-refractivity contribution is 6.00. The van der Waals surface area contributed by atoms with Crippen molar-refractivity contribution < 1.29 is 9.59 Å². The van der Waals surface area contributed by atoms with Crippen molar-refractivity contribution in [3.8, 4) is 0 Å². The highest BCUT2D eigenvalue weighted by Crippen LogP contribution is 2.27. The molecule has 4 heteroatoms. The van der Waals surface area contributed by atoms with Crippen molar-refractivity contribution in [2.75, 3.05) is 11.4 Å². The molecule has 2 rings (SSSR count). The third-order valence-electron chi connectivity index (χ3n) is 4.01. The molecular formula is C17H24N2O2. The quantitative estimate of drug-likeness (QED) is 0.925. The van der Waals surface area contributed by atoms with Crippen LogP contribution in [0.4, 0.5) is 5.69 Å². The molecule has 1 aliphatic rings. The molecule has 2 atom stereocenters. The number of amides is 2. The number of aryl methyl sites for hydroxylation is 2. The average molecular weight is 288 g/mol. The van der Waals surface area contributed by atoms with Gasteiger partial charge in [-0.05, 0) is 50.5 Å². The number of carbonyl (C=O) groups is 2. The van der Waals surface area contributed by atoms with Gasteiger partial charge in [-0.15, -0.1) is 0 Å². The Balaban J connectivity index is 2.10. The second-order valence-corrected chi connectivity index (χ2v) is 6.07. The molecule has 1 aromatic rings. The zero-order chi connectivity index (χ0) is 15.6. The summed E-state index contributed by atoms with van der Waals surface area (Å²) in [6, 6.07) is 6.24. The Hall–Kier alpha value is -1.84. The lowest BCUT2D eigenvalue weighted by atomic mass is 10.1. The third-order valence-corrected chi connectivity index (χ3v) is 4.01. The van der Waals surface area contributed by atoms with Gasteiger partial charge in [-0.25, -0.2) is 0 Å². The van der Waals surface area contributed by atoms with Gasteiger partial charge >= 0.3 is 0 Å². The Kier molecular flexibility index (Phi) is 4.66. The van der Waals surface area contributed by atoms with Gasteiger partial charge in [0, 0.05) is 24.7 Å². The van der Waals surface area contributed by atoms with Crippen molar-refractivity contribution in [3.63, 3.8) is 0 Å². The first kappa shape index (κ1) is 15.5. The molecule has 4 nitrogen and oxygen atoms in total. The molecule has 0 bridgehead atoms. The predicted octanol–water partition coefficient (Wildman–Crippen LogP) is 2.57. The highest BCUT2D eigenvalue weighted by atomic mass is 16.2. The van der Waals surface area contributed by atoms with Crippen LogP contribution in [0, 0.1) is 19.8 Å². The highest BCUT2D eigenvalue weighted by Gasteiger charge is 2.35. The van der Waals surface area contributed by atoms with Crippen molar-refractivity contribution in [1.82, 2.24) is 5.32 Å². The summed E-state index contributed by atoms with van der Waals surface area (Å²) in [4.78, 5) is 26.1. The van der Waals surface area contributed by atoms with Crippen LogP contribution in [0.2, 0.25) is 0 Å². The van der Waals surface area contributed by atoms with E-state index in [-0.39, 0.29) is 23.8 Å². The van der Waals surface area contributed by atoms with Crippen molar-refractivity contribution in [2.24, 2.45) is 5.92 Å². The molecule has 0 radical (unpaired) electrons. The Labute approximate surface area is 126 Å². The van der Waals surface area contributed by atoms with Crippen LogP contribution in [0.25, 0.3) is 0 Å². The Morgan fingerprint density at radius 2 is 1.95 bits per heavy atom. The molecule has 1 fully saturated rings. The fourth-order valence-electron chi connectivity index (χ4n) is 2.70. The van der Waals surface area contributed by atoms with Gasteiger partial charge in [-0.3, -0.25) is 9.59 Å². The van der Waals surface area contributed by atoms with Crippen LogP contribution in [0.1, 0.15) is 37.8 Å². The van der Waals surface area contributed by atoms with Crippen molar-refractivity contribution >= 4 is 17.5 Å². The number of anilines is 1. The fraction of sp³-hybridized carbons (Fsp3) is 0.529. The fourth-order valence-corrected chi connectivity index (χ4v) is 2.70. The molecule has 0 spiro atoms. The summed E-state index contributed by atoms with van der Waals surface area (Å²) in [5.74, 6) is -0.221. The maximum atomic E-state index is 12.2. The van der Waals surface area contributed by atoms with E-state index in [4.69, 9.17) is 0 Å². The van der Waals surface area contributed by atoms with E-state index in [2.05, 4.69) is 11.4 Å². The number of hydrogen-bond donors (Lipinski definition) is 1. The van der Waals surface area contributed by atoms with Crippen LogP contribution in [0.3, 0.4) is 0 Å². The second-order valence-electron chi connectivity index (χ2n) is 6.07. The number of hydrogen-bond acceptors (Lipinski definition) is 2. The molecule has 1 saturated heterocycles. The van der Waals surface area contributed by atoms with E-state index in [1.807, 2.05) is 39.8 Å². The van der Waals surface area contributed by atoms with E-state index in [9.17, 15) is 9.59 Å². The maximum Gasteiger partial charge on any atom is 0.227 e. The van der Waals surface area contributed by atoms with E-state index in [1.54, 1.807) is 4.90 Å². The Morgan fingerprint density at radius 3 is 2.52 bits per heavy atom. The molecule has 21 heavy (non-hydrogen) atoms. The van der Waals surface area contributed by atoms with Crippen LogP contribution in [-0.4, -0.2) is 24.4 Å². The summed E-state index contributed by atoms with van der Waals surface area (Å²) in [6.07, 6.45) is 1.20. The number of nitrogens with one attached hydrogen (secondary N) is 1. The van der Waals surface area contributed by atoms with Gasteiger partial charge in [0.25, 0.3) is 0 Å². The minimum absolute atomic E-state index is 0.00965. The van der Waals surface area contributed by atoms with Gasteiger partial charge in [0.15, 0.2) is 0 Å². The van der Waals surface area contributed by atoms with Crippen LogP contribution in [-0.2, 0) is 9.59 Å². The van der Waals surface area contributed by atoms with Crippen molar-refractivity contribution in [3.05, 3.63) is 29.3 Å². The third kappa shape index (κ3) is 3.63. The lowest BCUT2D eigenvalue weighted by Gasteiger charge is -2.19. The van der Waals surface area contributed by atoms with E-state index in [0.717, 1.165) is 23.2 Å². The van der Waals surface area contributed by atoms with E-state index < -0.39 is 0 Å². The summed E-state index contributed by atoms with van der Waals surface area (Å²) in [7, 11) is 0. The van der Waals surface area contributed by atoms with Gasteiger partial charge in [0.05, 0.1) is 5.92 Å². The molecule has 1 aromatic carbocycles. The summed E-state index contributed by atoms with van der Waals surface area (Å²) in [6.45, 7) is 8.53. The molecule has 0 aromatic heterocycles. The van der Waals surface area contributed by atoms with Crippen molar-refractivity contribution in [2.45, 2.75) is 46.6 Å². The normalized spacial score (nSPS) is 19.7. The zero-order valence-corrected chi connectivity index (χ0v) is 13.3. The zero-order valence-electron chi connectivity index (χ0n) is 13.3. The molecule has 1 heterocycles. The van der Waals surface area contributed by atoms with E-state index in [1.165, 1.54) is 0 Å². The molecule has 114 valence electrons. The number of nitrogens with zero attached hydrogens (tertiary/aromatic N) is 1. The average Bonchev–Trinajstić information content (AvgIpc) is 2.79. The monoisotopic (exact) mass is 288 g/mol. The van der Waals surface area contributed by atoms with Gasteiger partial charge in [-0.2, -0.15) is 0 Å².